The molecule has 2 nitrogen and oxygen atoms in total. The lowest BCUT2D eigenvalue weighted by molar-refractivity contribution is -0.116. The first kappa shape index (κ1) is 13.7. The highest BCUT2D eigenvalue weighted by Gasteiger charge is 2.30. The molecule has 0 saturated carbocycles. The zero-order valence-electron chi connectivity index (χ0n) is 11.8. The van der Waals surface area contributed by atoms with Crippen LogP contribution in [-0.2, 0) is 4.79 Å². The minimum atomic E-state index is -0.885. The zero-order valence-corrected chi connectivity index (χ0v) is 11.8. The Morgan fingerprint density at radius 3 is 2.62 bits per heavy atom. The van der Waals surface area contributed by atoms with Gasteiger partial charge in [-0.05, 0) is 42.2 Å². The van der Waals surface area contributed by atoms with Gasteiger partial charge < -0.3 is 5.32 Å². The molecule has 2 aromatic carbocycles. The quantitative estimate of drug-likeness (QED) is 0.842. The van der Waals surface area contributed by atoms with Gasteiger partial charge in [-0.2, -0.15) is 0 Å². The molecule has 1 heterocycles. The fourth-order valence-corrected chi connectivity index (χ4v) is 2.85. The molecule has 1 atom stereocenters. The monoisotopic (exact) mass is 287 g/mol. The molecule has 4 heteroatoms. The molecule has 0 aromatic heterocycles. The molecule has 1 N–H and O–H groups in total. The minimum Gasteiger partial charge on any atom is -0.326 e. The Morgan fingerprint density at radius 1 is 1.10 bits per heavy atom. The number of carbonyl (C=O) groups excluding carboxylic acids is 1. The summed E-state index contributed by atoms with van der Waals surface area (Å²) >= 11 is 0. The van der Waals surface area contributed by atoms with Crippen molar-refractivity contribution in [2.45, 2.75) is 26.2 Å². The van der Waals surface area contributed by atoms with Crippen molar-refractivity contribution in [3.05, 3.63) is 64.2 Å². The van der Waals surface area contributed by atoms with Crippen molar-refractivity contribution in [3.63, 3.8) is 0 Å². The van der Waals surface area contributed by atoms with Gasteiger partial charge in [0, 0.05) is 18.0 Å². The van der Waals surface area contributed by atoms with E-state index in [9.17, 15) is 13.6 Å². The van der Waals surface area contributed by atoms with E-state index in [-0.39, 0.29) is 17.9 Å². The van der Waals surface area contributed by atoms with Crippen LogP contribution >= 0.6 is 0 Å². The van der Waals surface area contributed by atoms with Crippen LogP contribution in [0.5, 0.6) is 0 Å². The van der Waals surface area contributed by atoms with Gasteiger partial charge in [-0.1, -0.05) is 24.3 Å². The van der Waals surface area contributed by atoms with E-state index in [4.69, 9.17) is 0 Å². The highest BCUT2D eigenvalue weighted by molar-refractivity contribution is 5.96. The maximum absolute atomic E-state index is 14.1. The SMILES string of the molecule is Cc1ccc2c(c1C)NC(=O)C[C@H]2c1cccc(F)c1F. The number of aryl methyl sites for hydroxylation is 1. The zero-order chi connectivity index (χ0) is 15.1. The van der Waals surface area contributed by atoms with Crippen LogP contribution in [0.2, 0.25) is 0 Å². The number of carbonyl (C=O) groups is 1. The van der Waals surface area contributed by atoms with Crippen LogP contribution in [-0.4, -0.2) is 5.91 Å². The second-order valence-corrected chi connectivity index (χ2v) is 5.42. The molecule has 0 unspecified atom stereocenters. The number of rotatable bonds is 1. The maximum atomic E-state index is 14.1. The molecule has 1 aliphatic heterocycles. The van der Waals surface area contributed by atoms with E-state index < -0.39 is 17.6 Å². The summed E-state index contributed by atoms with van der Waals surface area (Å²) in [6, 6.07) is 7.92. The number of benzene rings is 2. The third kappa shape index (κ3) is 2.20. The lowest BCUT2D eigenvalue weighted by Crippen LogP contribution is -2.25. The van der Waals surface area contributed by atoms with Crippen molar-refractivity contribution in [1.82, 2.24) is 0 Å². The van der Waals surface area contributed by atoms with Gasteiger partial charge in [-0.25, -0.2) is 8.78 Å². The molecule has 0 radical (unpaired) electrons. The van der Waals surface area contributed by atoms with E-state index in [1.807, 2.05) is 26.0 Å². The van der Waals surface area contributed by atoms with Crippen LogP contribution in [0.25, 0.3) is 0 Å². The summed E-state index contributed by atoms with van der Waals surface area (Å²) < 4.78 is 27.6. The number of hydrogen-bond donors (Lipinski definition) is 1. The van der Waals surface area contributed by atoms with Gasteiger partial charge in [0.25, 0.3) is 0 Å². The van der Waals surface area contributed by atoms with Gasteiger partial charge in [0.2, 0.25) is 5.91 Å². The standard InChI is InChI=1S/C17H15F2NO/c1-9-6-7-12-13(8-15(21)20-17(12)10(9)2)11-4-3-5-14(18)16(11)19/h3-7,13H,8H2,1-2H3,(H,20,21)/t13-/m0/s1. The average molecular weight is 287 g/mol. The number of amides is 1. The van der Waals surface area contributed by atoms with Crippen molar-refractivity contribution in [1.29, 1.82) is 0 Å². The Kier molecular flexibility index (Phi) is 3.24. The summed E-state index contributed by atoms with van der Waals surface area (Å²) in [6.07, 6.45) is 0.121. The minimum absolute atomic E-state index is 0.121. The molecule has 108 valence electrons. The topological polar surface area (TPSA) is 29.1 Å². The molecule has 0 aliphatic carbocycles. The average Bonchev–Trinajstić information content (AvgIpc) is 2.46. The van der Waals surface area contributed by atoms with Crippen molar-refractivity contribution < 1.29 is 13.6 Å². The second-order valence-electron chi connectivity index (χ2n) is 5.42. The molecule has 2 aromatic rings. The second kappa shape index (κ2) is 4.95. The third-order valence-electron chi connectivity index (χ3n) is 4.15. The van der Waals surface area contributed by atoms with Crippen molar-refractivity contribution in [2.24, 2.45) is 0 Å². The first-order valence-electron chi connectivity index (χ1n) is 6.83. The predicted octanol–water partition coefficient (Wildman–Crippen LogP) is 4.06. The Balaban J connectivity index is 2.20. The van der Waals surface area contributed by atoms with Gasteiger partial charge in [0.15, 0.2) is 11.6 Å². The third-order valence-corrected chi connectivity index (χ3v) is 4.15. The van der Waals surface area contributed by atoms with Gasteiger partial charge >= 0.3 is 0 Å². The lowest BCUT2D eigenvalue weighted by atomic mass is 9.82. The summed E-state index contributed by atoms with van der Waals surface area (Å²) in [7, 11) is 0. The molecule has 0 bridgehead atoms. The largest absolute Gasteiger partial charge is 0.326 e. The van der Waals surface area contributed by atoms with Gasteiger partial charge in [0.05, 0.1) is 0 Å². The van der Waals surface area contributed by atoms with E-state index in [1.165, 1.54) is 6.07 Å². The van der Waals surface area contributed by atoms with Crippen LogP contribution < -0.4 is 5.32 Å². The van der Waals surface area contributed by atoms with Crippen molar-refractivity contribution in [3.8, 4) is 0 Å². The van der Waals surface area contributed by atoms with Gasteiger partial charge in [-0.3, -0.25) is 4.79 Å². The van der Waals surface area contributed by atoms with Crippen LogP contribution in [0.4, 0.5) is 14.5 Å². The van der Waals surface area contributed by atoms with E-state index in [1.54, 1.807) is 6.07 Å². The normalized spacial score (nSPS) is 17.3. The first-order chi connectivity index (χ1) is 9.99. The molecule has 0 fully saturated rings. The highest BCUT2D eigenvalue weighted by atomic mass is 19.2. The van der Waals surface area contributed by atoms with Crippen molar-refractivity contribution >= 4 is 11.6 Å². The van der Waals surface area contributed by atoms with E-state index in [2.05, 4.69) is 5.32 Å². The fourth-order valence-electron chi connectivity index (χ4n) is 2.85. The Bertz CT molecular complexity index is 740. The molecule has 1 aliphatic rings. The molecule has 0 spiro atoms. The molecule has 1 amide bonds. The number of fused-ring (bicyclic) bond motifs is 1. The molecular formula is C17H15F2NO. The Hall–Kier alpha value is -2.23. The summed E-state index contributed by atoms with van der Waals surface area (Å²) in [5.74, 6) is -2.39. The molecule has 0 saturated heterocycles. The van der Waals surface area contributed by atoms with E-state index >= 15 is 0 Å². The number of halogens is 2. The predicted molar refractivity (Wildman–Crippen MR) is 77.4 cm³/mol. The smallest absolute Gasteiger partial charge is 0.225 e. The lowest BCUT2D eigenvalue weighted by Gasteiger charge is -2.28. The van der Waals surface area contributed by atoms with E-state index in [0.29, 0.717) is 0 Å². The first-order valence-corrected chi connectivity index (χ1v) is 6.83. The number of anilines is 1. The summed E-state index contributed by atoms with van der Waals surface area (Å²) in [5, 5.41) is 2.85. The van der Waals surface area contributed by atoms with Crippen LogP contribution in [0.3, 0.4) is 0 Å². The van der Waals surface area contributed by atoms with E-state index in [0.717, 1.165) is 28.4 Å². The maximum Gasteiger partial charge on any atom is 0.225 e. The van der Waals surface area contributed by atoms with Crippen LogP contribution in [0.1, 0.15) is 34.6 Å². The highest BCUT2D eigenvalue weighted by Crippen LogP contribution is 2.40. The van der Waals surface area contributed by atoms with Crippen LogP contribution in [0, 0.1) is 25.5 Å². The summed E-state index contributed by atoms with van der Waals surface area (Å²) in [5.41, 5.74) is 3.80. The van der Waals surface area contributed by atoms with Crippen LogP contribution in [0.15, 0.2) is 30.3 Å². The number of hydrogen-bond acceptors (Lipinski definition) is 1. The summed E-state index contributed by atoms with van der Waals surface area (Å²) in [6.45, 7) is 3.87. The Labute approximate surface area is 121 Å². The number of nitrogens with one attached hydrogen (secondary N) is 1. The molecule has 21 heavy (non-hydrogen) atoms. The summed E-state index contributed by atoms with van der Waals surface area (Å²) in [4.78, 5) is 11.9. The van der Waals surface area contributed by atoms with Gasteiger partial charge in [-0.15, -0.1) is 0 Å². The molecule has 3 rings (SSSR count). The van der Waals surface area contributed by atoms with Gasteiger partial charge in [0.1, 0.15) is 0 Å². The Morgan fingerprint density at radius 2 is 1.86 bits per heavy atom. The fraction of sp³-hybridized carbons (Fsp3) is 0.235. The molecular weight excluding hydrogens is 272 g/mol. The van der Waals surface area contributed by atoms with Crippen molar-refractivity contribution in [2.75, 3.05) is 5.32 Å².